The summed E-state index contributed by atoms with van der Waals surface area (Å²) in [6.07, 6.45) is 3.00. The van der Waals surface area contributed by atoms with E-state index in [-0.39, 0.29) is 6.04 Å². The Morgan fingerprint density at radius 2 is 2.00 bits per heavy atom. The molecule has 17 heavy (non-hydrogen) atoms. The summed E-state index contributed by atoms with van der Waals surface area (Å²) in [5, 5.41) is 0. The van der Waals surface area contributed by atoms with Crippen LogP contribution in [-0.4, -0.2) is 19.3 Å². The molecule has 0 unspecified atom stereocenters. The lowest BCUT2D eigenvalue weighted by Crippen LogP contribution is -2.28. The van der Waals surface area contributed by atoms with Gasteiger partial charge in [-0.25, -0.2) is 0 Å². The van der Waals surface area contributed by atoms with Crippen LogP contribution in [0.3, 0.4) is 0 Å². The second-order valence-electron chi connectivity index (χ2n) is 4.40. The minimum atomic E-state index is 0.249. The van der Waals surface area contributed by atoms with Crippen molar-refractivity contribution in [2.45, 2.75) is 39.2 Å². The van der Waals surface area contributed by atoms with Crippen LogP contribution in [0.4, 0.5) is 0 Å². The summed E-state index contributed by atoms with van der Waals surface area (Å²) in [5.74, 6) is 1.75. The normalized spacial score (nSPS) is 18.6. The first-order valence-electron chi connectivity index (χ1n) is 6.42. The highest BCUT2D eigenvalue weighted by molar-refractivity contribution is 5.52. The lowest BCUT2D eigenvalue weighted by molar-refractivity contribution is 0.283. The maximum atomic E-state index is 6.04. The summed E-state index contributed by atoms with van der Waals surface area (Å²) in [7, 11) is 0. The lowest BCUT2D eigenvalue weighted by Gasteiger charge is -2.25. The Kier molecular flexibility index (Phi) is 3.89. The molecule has 1 aromatic rings. The molecule has 0 aliphatic heterocycles. The predicted octanol–water partition coefficient (Wildman–Crippen LogP) is 2.30. The van der Waals surface area contributed by atoms with Gasteiger partial charge in [0.1, 0.15) is 0 Å². The van der Waals surface area contributed by atoms with Crippen LogP contribution in [0.1, 0.15) is 31.4 Å². The average molecular weight is 235 g/mol. The maximum absolute atomic E-state index is 6.04. The molecule has 1 aliphatic rings. The summed E-state index contributed by atoms with van der Waals surface area (Å²) in [5.41, 5.74) is 8.65. The highest BCUT2D eigenvalue weighted by Crippen LogP contribution is 2.37. The molecule has 1 atom stereocenters. The number of hydrogen-bond acceptors (Lipinski definition) is 3. The van der Waals surface area contributed by atoms with Crippen LogP contribution in [0.15, 0.2) is 12.1 Å². The number of benzene rings is 1. The monoisotopic (exact) mass is 235 g/mol. The average Bonchev–Trinajstić information content (AvgIpc) is 2.33. The van der Waals surface area contributed by atoms with Crippen LogP contribution in [0.5, 0.6) is 11.5 Å². The van der Waals surface area contributed by atoms with Gasteiger partial charge in [-0.2, -0.15) is 0 Å². The van der Waals surface area contributed by atoms with Gasteiger partial charge in [0, 0.05) is 11.6 Å². The van der Waals surface area contributed by atoms with E-state index in [9.17, 15) is 0 Å². The van der Waals surface area contributed by atoms with Crippen molar-refractivity contribution in [1.29, 1.82) is 0 Å². The van der Waals surface area contributed by atoms with Crippen LogP contribution in [-0.2, 0) is 12.8 Å². The molecule has 0 saturated carbocycles. The third kappa shape index (κ3) is 2.55. The van der Waals surface area contributed by atoms with E-state index in [0.29, 0.717) is 13.2 Å². The number of hydrogen-bond donors (Lipinski definition) is 1. The molecule has 0 aromatic heterocycles. The van der Waals surface area contributed by atoms with E-state index < -0.39 is 0 Å². The fraction of sp³-hybridized carbons (Fsp3) is 0.571. The topological polar surface area (TPSA) is 44.5 Å². The van der Waals surface area contributed by atoms with Gasteiger partial charge in [-0.3, -0.25) is 0 Å². The van der Waals surface area contributed by atoms with Crippen molar-refractivity contribution in [3.8, 4) is 11.5 Å². The number of rotatable bonds is 4. The fourth-order valence-corrected chi connectivity index (χ4v) is 2.38. The Bertz CT molecular complexity index is 390. The molecule has 0 spiro atoms. The van der Waals surface area contributed by atoms with E-state index in [2.05, 4.69) is 6.07 Å². The number of aryl methyl sites for hydroxylation is 1. The first kappa shape index (κ1) is 12.2. The van der Waals surface area contributed by atoms with Gasteiger partial charge >= 0.3 is 0 Å². The minimum absolute atomic E-state index is 0.249. The Morgan fingerprint density at radius 1 is 1.24 bits per heavy atom. The van der Waals surface area contributed by atoms with Crippen LogP contribution >= 0.6 is 0 Å². The zero-order valence-electron chi connectivity index (χ0n) is 10.7. The van der Waals surface area contributed by atoms with Crippen molar-refractivity contribution in [3.05, 3.63) is 23.3 Å². The molecule has 0 fully saturated rings. The Balaban J connectivity index is 2.40. The molecular formula is C14H21NO2. The van der Waals surface area contributed by atoms with E-state index in [0.717, 1.165) is 30.8 Å². The van der Waals surface area contributed by atoms with E-state index >= 15 is 0 Å². The standard InChI is InChI=1S/C14H21NO2/c1-3-16-13-8-6-10-5-7-11(15)9-12(10)14(13)17-4-2/h6,8,11H,3-5,7,9,15H2,1-2H3/t11-/m0/s1. The summed E-state index contributed by atoms with van der Waals surface area (Å²) in [6.45, 7) is 5.30. The van der Waals surface area contributed by atoms with Gasteiger partial charge in [-0.15, -0.1) is 0 Å². The molecule has 2 rings (SSSR count). The van der Waals surface area contributed by atoms with Gasteiger partial charge in [0.2, 0.25) is 0 Å². The van der Waals surface area contributed by atoms with Gasteiger partial charge < -0.3 is 15.2 Å². The van der Waals surface area contributed by atoms with Crippen LogP contribution in [0.25, 0.3) is 0 Å². The van der Waals surface area contributed by atoms with Crippen molar-refractivity contribution in [1.82, 2.24) is 0 Å². The Hall–Kier alpha value is -1.22. The maximum Gasteiger partial charge on any atom is 0.164 e. The number of ether oxygens (including phenoxy) is 2. The summed E-state index contributed by atoms with van der Waals surface area (Å²) >= 11 is 0. The molecule has 2 N–H and O–H groups in total. The molecule has 3 nitrogen and oxygen atoms in total. The van der Waals surface area contributed by atoms with Crippen molar-refractivity contribution in [3.63, 3.8) is 0 Å². The molecule has 0 bridgehead atoms. The van der Waals surface area contributed by atoms with E-state index in [1.807, 2.05) is 19.9 Å². The van der Waals surface area contributed by atoms with Gasteiger partial charge in [0.25, 0.3) is 0 Å². The van der Waals surface area contributed by atoms with Gasteiger partial charge in [-0.1, -0.05) is 6.07 Å². The predicted molar refractivity (Wildman–Crippen MR) is 68.8 cm³/mol. The van der Waals surface area contributed by atoms with E-state index in [1.165, 1.54) is 11.1 Å². The highest BCUT2D eigenvalue weighted by atomic mass is 16.5. The molecule has 1 aliphatic carbocycles. The number of fused-ring (bicyclic) bond motifs is 1. The second kappa shape index (κ2) is 5.41. The zero-order chi connectivity index (χ0) is 12.3. The van der Waals surface area contributed by atoms with Gasteiger partial charge in [0.05, 0.1) is 13.2 Å². The smallest absolute Gasteiger partial charge is 0.164 e. The van der Waals surface area contributed by atoms with Gasteiger partial charge in [-0.05, 0) is 44.7 Å². The second-order valence-corrected chi connectivity index (χ2v) is 4.40. The Morgan fingerprint density at radius 3 is 2.71 bits per heavy atom. The SMILES string of the molecule is CCOc1ccc2c(c1OCC)C[C@@H](N)CC2. The molecule has 0 saturated heterocycles. The van der Waals surface area contributed by atoms with Crippen LogP contribution in [0, 0.1) is 0 Å². The first-order chi connectivity index (χ1) is 8.26. The summed E-state index contributed by atoms with van der Waals surface area (Å²) in [4.78, 5) is 0. The van der Waals surface area contributed by atoms with Gasteiger partial charge in [0.15, 0.2) is 11.5 Å². The third-order valence-electron chi connectivity index (χ3n) is 3.16. The quantitative estimate of drug-likeness (QED) is 0.871. The number of nitrogens with two attached hydrogens (primary N) is 1. The van der Waals surface area contributed by atoms with Crippen LogP contribution < -0.4 is 15.2 Å². The molecule has 0 amide bonds. The Labute approximate surface area is 103 Å². The van der Waals surface area contributed by atoms with Crippen molar-refractivity contribution in [2.75, 3.05) is 13.2 Å². The fourth-order valence-electron chi connectivity index (χ4n) is 2.38. The zero-order valence-corrected chi connectivity index (χ0v) is 10.7. The lowest BCUT2D eigenvalue weighted by atomic mass is 9.88. The largest absolute Gasteiger partial charge is 0.490 e. The highest BCUT2D eigenvalue weighted by Gasteiger charge is 2.22. The van der Waals surface area contributed by atoms with E-state index in [4.69, 9.17) is 15.2 Å². The van der Waals surface area contributed by atoms with E-state index in [1.54, 1.807) is 0 Å². The summed E-state index contributed by atoms with van der Waals surface area (Å²) < 4.78 is 11.4. The molecule has 0 heterocycles. The first-order valence-corrected chi connectivity index (χ1v) is 6.42. The third-order valence-corrected chi connectivity index (χ3v) is 3.16. The van der Waals surface area contributed by atoms with Crippen molar-refractivity contribution in [2.24, 2.45) is 5.73 Å². The molecule has 3 heteroatoms. The molecular weight excluding hydrogens is 214 g/mol. The molecule has 94 valence electrons. The summed E-state index contributed by atoms with van der Waals surface area (Å²) in [6, 6.07) is 4.41. The van der Waals surface area contributed by atoms with Crippen LogP contribution in [0.2, 0.25) is 0 Å². The van der Waals surface area contributed by atoms with Crippen molar-refractivity contribution >= 4 is 0 Å². The molecule has 0 radical (unpaired) electrons. The minimum Gasteiger partial charge on any atom is -0.490 e. The van der Waals surface area contributed by atoms with Crippen molar-refractivity contribution < 1.29 is 9.47 Å². The molecule has 1 aromatic carbocycles.